The molecule has 5 heteroatoms. The van der Waals surface area contributed by atoms with E-state index < -0.39 is 0 Å². The number of para-hydroxylation sites is 1. The first-order valence-electron chi connectivity index (χ1n) is 5.83. The van der Waals surface area contributed by atoms with Gasteiger partial charge in [-0.15, -0.1) is 0 Å². The van der Waals surface area contributed by atoms with Crippen molar-refractivity contribution in [2.24, 2.45) is 0 Å². The Kier molecular flexibility index (Phi) is 4.62. The van der Waals surface area contributed by atoms with Gasteiger partial charge in [0.15, 0.2) is 0 Å². The van der Waals surface area contributed by atoms with E-state index in [1.165, 1.54) is 0 Å². The third kappa shape index (κ3) is 3.51. The largest absolute Gasteiger partial charge is 0.323 e. The molecule has 0 fully saturated rings. The summed E-state index contributed by atoms with van der Waals surface area (Å²) in [6, 6.07) is 13.9. The van der Waals surface area contributed by atoms with Crippen LogP contribution in [0, 0.1) is 11.3 Å². The summed E-state index contributed by atoms with van der Waals surface area (Å²) in [6.07, 6.45) is 0.188. The second kappa shape index (κ2) is 6.42. The maximum Gasteiger partial charge on any atom is 0.228 e. The zero-order valence-electron chi connectivity index (χ0n) is 10.4. The summed E-state index contributed by atoms with van der Waals surface area (Å²) in [5.41, 5.74) is 1.78. The van der Waals surface area contributed by atoms with Crippen LogP contribution in [0.2, 0.25) is 10.0 Å². The minimum absolute atomic E-state index is 0.188. The van der Waals surface area contributed by atoms with Gasteiger partial charge in [-0.05, 0) is 29.8 Å². The molecule has 0 heterocycles. The average Bonchev–Trinajstić information content (AvgIpc) is 2.44. The first-order chi connectivity index (χ1) is 9.60. The van der Waals surface area contributed by atoms with Crippen LogP contribution in [0.15, 0.2) is 42.5 Å². The highest BCUT2D eigenvalue weighted by Gasteiger charge is 2.10. The van der Waals surface area contributed by atoms with Gasteiger partial charge in [0.05, 0.1) is 33.8 Å². The third-order valence-corrected chi connectivity index (χ3v) is 3.30. The summed E-state index contributed by atoms with van der Waals surface area (Å²) in [6.45, 7) is 0. The second-order valence-electron chi connectivity index (χ2n) is 4.13. The van der Waals surface area contributed by atoms with Crippen molar-refractivity contribution in [1.82, 2.24) is 0 Å². The fourth-order valence-electron chi connectivity index (χ4n) is 1.68. The van der Waals surface area contributed by atoms with Gasteiger partial charge in [0.25, 0.3) is 0 Å². The summed E-state index contributed by atoms with van der Waals surface area (Å²) in [7, 11) is 0. The van der Waals surface area contributed by atoms with E-state index in [9.17, 15) is 4.79 Å². The lowest BCUT2D eigenvalue weighted by molar-refractivity contribution is -0.115. The van der Waals surface area contributed by atoms with Gasteiger partial charge >= 0.3 is 0 Å². The van der Waals surface area contributed by atoms with Gasteiger partial charge in [0.2, 0.25) is 5.91 Å². The predicted molar refractivity (Wildman–Crippen MR) is 80.0 cm³/mol. The Morgan fingerprint density at radius 3 is 2.25 bits per heavy atom. The molecule has 2 aromatic rings. The second-order valence-corrected chi connectivity index (χ2v) is 4.94. The van der Waals surface area contributed by atoms with Crippen LogP contribution in [0.1, 0.15) is 11.1 Å². The molecule has 2 aromatic carbocycles. The monoisotopic (exact) mass is 304 g/mol. The highest BCUT2D eigenvalue weighted by molar-refractivity contribution is 6.39. The van der Waals surface area contributed by atoms with Crippen LogP contribution < -0.4 is 5.32 Å². The van der Waals surface area contributed by atoms with Gasteiger partial charge in [0, 0.05) is 0 Å². The van der Waals surface area contributed by atoms with E-state index in [1.54, 1.807) is 42.5 Å². The van der Waals surface area contributed by atoms with Gasteiger partial charge in [-0.3, -0.25) is 4.79 Å². The van der Waals surface area contributed by atoms with Crippen molar-refractivity contribution in [3.05, 3.63) is 63.6 Å². The molecule has 0 atom stereocenters. The minimum atomic E-state index is -0.218. The van der Waals surface area contributed by atoms with E-state index in [-0.39, 0.29) is 12.3 Å². The maximum absolute atomic E-state index is 11.9. The number of benzene rings is 2. The zero-order valence-corrected chi connectivity index (χ0v) is 11.9. The summed E-state index contributed by atoms with van der Waals surface area (Å²) in [5.74, 6) is -0.218. The molecule has 3 nitrogen and oxygen atoms in total. The number of nitrogens with zero attached hydrogens (tertiary/aromatic N) is 1. The number of hydrogen-bond acceptors (Lipinski definition) is 2. The topological polar surface area (TPSA) is 52.9 Å². The van der Waals surface area contributed by atoms with Gasteiger partial charge in [0.1, 0.15) is 0 Å². The van der Waals surface area contributed by atoms with Crippen molar-refractivity contribution in [2.75, 3.05) is 5.32 Å². The van der Waals surface area contributed by atoms with Crippen molar-refractivity contribution in [1.29, 1.82) is 5.26 Å². The van der Waals surface area contributed by atoms with E-state index in [4.69, 9.17) is 28.5 Å². The molecule has 0 aliphatic heterocycles. The minimum Gasteiger partial charge on any atom is -0.323 e. The Labute approximate surface area is 126 Å². The fourth-order valence-corrected chi connectivity index (χ4v) is 2.18. The molecule has 1 amide bonds. The van der Waals surface area contributed by atoms with Crippen LogP contribution in [0.3, 0.4) is 0 Å². The van der Waals surface area contributed by atoms with Gasteiger partial charge in [-0.25, -0.2) is 0 Å². The van der Waals surface area contributed by atoms with Crippen LogP contribution in [-0.2, 0) is 11.2 Å². The molecule has 0 saturated carbocycles. The number of carbonyl (C=O) groups is 1. The molecule has 0 aliphatic carbocycles. The van der Waals surface area contributed by atoms with Gasteiger partial charge in [-0.1, -0.05) is 41.4 Å². The van der Waals surface area contributed by atoms with Gasteiger partial charge in [-0.2, -0.15) is 5.26 Å². The van der Waals surface area contributed by atoms with Crippen molar-refractivity contribution in [2.45, 2.75) is 6.42 Å². The van der Waals surface area contributed by atoms with Crippen LogP contribution in [0.5, 0.6) is 0 Å². The molecule has 0 spiro atoms. The first-order valence-corrected chi connectivity index (χ1v) is 6.58. The molecule has 0 aromatic heterocycles. The van der Waals surface area contributed by atoms with Crippen molar-refractivity contribution in [3.8, 4) is 6.07 Å². The van der Waals surface area contributed by atoms with E-state index in [0.717, 1.165) is 5.56 Å². The van der Waals surface area contributed by atoms with Crippen LogP contribution >= 0.6 is 23.2 Å². The number of nitriles is 1. The van der Waals surface area contributed by atoms with Crippen molar-refractivity contribution < 1.29 is 4.79 Å². The number of rotatable bonds is 3. The van der Waals surface area contributed by atoms with E-state index in [2.05, 4.69) is 5.32 Å². The summed E-state index contributed by atoms with van der Waals surface area (Å²) in [5, 5.41) is 12.2. The molecule has 1 N–H and O–H groups in total. The third-order valence-electron chi connectivity index (χ3n) is 2.67. The zero-order chi connectivity index (χ0) is 14.5. The Morgan fingerprint density at radius 1 is 1.10 bits per heavy atom. The number of hydrogen-bond donors (Lipinski definition) is 1. The molecule has 20 heavy (non-hydrogen) atoms. The molecule has 0 unspecified atom stereocenters. The normalized spacial score (nSPS) is 9.85. The number of nitrogens with one attached hydrogen (secondary N) is 1. The smallest absolute Gasteiger partial charge is 0.228 e. The van der Waals surface area contributed by atoms with E-state index >= 15 is 0 Å². The molecule has 100 valence electrons. The summed E-state index contributed by atoms with van der Waals surface area (Å²) < 4.78 is 0. The van der Waals surface area contributed by atoms with Gasteiger partial charge < -0.3 is 5.32 Å². The SMILES string of the molecule is N#Cc1ccc(CC(=O)Nc2c(Cl)cccc2Cl)cc1. The molecule has 0 saturated heterocycles. The molecule has 2 rings (SSSR count). The lowest BCUT2D eigenvalue weighted by atomic mass is 10.1. The Balaban J connectivity index is 2.07. The predicted octanol–water partition coefficient (Wildman–Crippen LogP) is 4.05. The van der Waals surface area contributed by atoms with Crippen LogP contribution in [-0.4, -0.2) is 5.91 Å². The highest BCUT2D eigenvalue weighted by atomic mass is 35.5. The number of carbonyl (C=O) groups excluding carboxylic acids is 1. The summed E-state index contributed by atoms with van der Waals surface area (Å²) in [4.78, 5) is 11.9. The van der Waals surface area contributed by atoms with Crippen molar-refractivity contribution >= 4 is 34.8 Å². The molecule has 0 radical (unpaired) electrons. The fraction of sp³-hybridized carbons (Fsp3) is 0.0667. The Morgan fingerprint density at radius 2 is 1.70 bits per heavy atom. The molecule has 0 aliphatic rings. The quantitative estimate of drug-likeness (QED) is 0.930. The standard InChI is InChI=1S/C15H10Cl2N2O/c16-12-2-1-3-13(17)15(12)19-14(20)8-10-4-6-11(9-18)7-5-10/h1-7H,8H2,(H,19,20). The lowest BCUT2D eigenvalue weighted by Gasteiger charge is -2.09. The molecular formula is C15H10Cl2N2O. The highest BCUT2D eigenvalue weighted by Crippen LogP contribution is 2.29. The van der Waals surface area contributed by atoms with Crippen LogP contribution in [0.4, 0.5) is 5.69 Å². The van der Waals surface area contributed by atoms with Crippen LogP contribution in [0.25, 0.3) is 0 Å². The number of halogens is 2. The lowest BCUT2D eigenvalue weighted by Crippen LogP contribution is -2.15. The number of amides is 1. The van der Waals surface area contributed by atoms with E-state index in [0.29, 0.717) is 21.3 Å². The number of anilines is 1. The summed E-state index contributed by atoms with van der Waals surface area (Å²) >= 11 is 12.0. The molecule has 0 bridgehead atoms. The average molecular weight is 305 g/mol. The van der Waals surface area contributed by atoms with E-state index in [1.807, 2.05) is 6.07 Å². The Bertz CT molecular complexity index is 655. The maximum atomic E-state index is 11.9. The molecular weight excluding hydrogens is 295 g/mol. The first kappa shape index (κ1) is 14.4. The Hall–Kier alpha value is -2.02. The van der Waals surface area contributed by atoms with Crippen molar-refractivity contribution in [3.63, 3.8) is 0 Å².